The molecule has 0 spiro atoms. The maximum absolute atomic E-state index is 9.40. The molecule has 12 heavy (non-hydrogen) atoms. The highest BCUT2D eigenvalue weighted by molar-refractivity contribution is 5.87. The van der Waals surface area contributed by atoms with Crippen LogP contribution in [0.3, 0.4) is 0 Å². The number of nitrogens with zero attached hydrogens (tertiary/aromatic N) is 2. The Bertz CT molecular complexity index is 434. The highest BCUT2D eigenvalue weighted by Crippen LogP contribution is 2.26. The number of aryl methyl sites for hydroxylation is 1. The molecule has 2 aromatic rings. The molecule has 0 saturated heterocycles. The first-order valence-electron chi connectivity index (χ1n) is 3.56. The smallest absolute Gasteiger partial charge is 0.127 e. The monoisotopic (exact) mass is 164 g/mol. The summed E-state index contributed by atoms with van der Waals surface area (Å²) >= 11 is 0. The van der Waals surface area contributed by atoms with Crippen LogP contribution in [0.4, 0.5) is 0 Å². The van der Waals surface area contributed by atoms with Crippen LogP contribution in [0, 0.1) is 6.92 Å². The van der Waals surface area contributed by atoms with E-state index in [1.54, 1.807) is 25.1 Å². The molecular weight excluding hydrogens is 156 g/mol. The van der Waals surface area contributed by atoms with Gasteiger partial charge in [-0.2, -0.15) is 0 Å². The third-order valence-corrected chi connectivity index (χ3v) is 1.84. The van der Waals surface area contributed by atoms with Gasteiger partial charge in [0.2, 0.25) is 0 Å². The fraction of sp³-hybridized carbons (Fsp3) is 0.125. The van der Waals surface area contributed by atoms with Gasteiger partial charge in [0.25, 0.3) is 0 Å². The lowest BCUT2D eigenvalue weighted by Gasteiger charge is -1.93. The summed E-state index contributed by atoms with van der Waals surface area (Å²) in [5.74, 6) is 0.144. The van der Waals surface area contributed by atoms with Crippen LogP contribution in [0.25, 0.3) is 10.9 Å². The summed E-state index contributed by atoms with van der Waals surface area (Å²) in [7, 11) is 0. The van der Waals surface area contributed by atoms with E-state index >= 15 is 0 Å². The predicted molar refractivity (Wildman–Crippen MR) is 43.3 cm³/mol. The molecule has 0 aliphatic carbocycles. The number of aromatic hydroxyl groups is 1. The lowest BCUT2D eigenvalue weighted by molar-refractivity contribution is 0.160. The van der Waals surface area contributed by atoms with Crippen LogP contribution < -0.4 is 0 Å². The molecule has 0 radical (unpaired) electrons. The van der Waals surface area contributed by atoms with E-state index < -0.39 is 0 Å². The Kier molecular flexibility index (Phi) is 1.24. The first-order valence-corrected chi connectivity index (χ1v) is 3.56. The first-order chi connectivity index (χ1) is 5.70. The van der Waals surface area contributed by atoms with E-state index in [0.29, 0.717) is 16.6 Å². The van der Waals surface area contributed by atoms with Gasteiger partial charge in [0.05, 0.1) is 11.1 Å². The Morgan fingerprint density at radius 3 is 2.83 bits per heavy atom. The Labute approximate surface area is 68.6 Å². The Morgan fingerprint density at radius 2 is 2.17 bits per heavy atom. The summed E-state index contributed by atoms with van der Waals surface area (Å²) in [4.78, 5) is 0.768. The second-order valence-electron chi connectivity index (χ2n) is 2.65. The zero-order valence-corrected chi connectivity index (χ0v) is 6.52. The topological polar surface area (TPSA) is 58.3 Å². The lowest BCUT2D eigenvalue weighted by Crippen LogP contribution is -1.90. The number of phenolic OH excluding ortho intramolecular Hbond substituents is 1. The van der Waals surface area contributed by atoms with Crippen molar-refractivity contribution in [3.05, 3.63) is 23.9 Å². The summed E-state index contributed by atoms with van der Waals surface area (Å²) < 4.78 is 0. The van der Waals surface area contributed by atoms with E-state index in [1.165, 1.54) is 0 Å². The number of hydrogen-bond donors (Lipinski definition) is 2. The van der Waals surface area contributed by atoms with E-state index in [0.717, 1.165) is 4.85 Å². The van der Waals surface area contributed by atoms with Crippen molar-refractivity contribution in [2.24, 2.45) is 0 Å². The van der Waals surface area contributed by atoms with Crippen LogP contribution in [0.1, 0.15) is 5.69 Å². The summed E-state index contributed by atoms with van der Waals surface area (Å²) in [6.45, 7) is 1.73. The van der Waals surface area contributed by atoms with Crippen molar-refractivity contribution < 1.29 is 10.3 Å². The van der Waals surface area contributed by atoms with Gasteiger partial charge in [-0.05, 0) is 19.1 Å². The molecule has 0 bridgehead atoms. The van der Waals surface area contributed by atoms with Crippen molar-refractivity contribution >= 4 is 10.9 Å². The summed E-state index contributed by atoms with van der Waals surface area (Å²) in [6, 6.07) is 4.91. The number of aromatic nitrogens is 2. The molecular formula is C8H8N2O2. The second-order valence-corrected chi connectivity index (χ2v) is 2.65. The summed E-state index contributed by atoms with van der Waals surface area (Å²) in [5.41, 5.74) is 1.14. The summed E-state index contributed by atoms with van der Waals surface area (Å²) in [5, 5.41) is 23.0. The quantitative estimate of drug-likeness (QED) is 0.577. The molecule has 2 N–H and O–H groups in total. The molecule has 0 amide bonds. The van der Waals surface area contributed by atoms with Crippen molar-refractivity contribution in [1.82, 2.24) is 9.94 Å². The van der Waals surface area contributed by atoms with E-state index in [4.69, 9.17) is 0 Å². The van der Waals surface area contributed by atoms with Gasteiger partial charge in [-0.3, -0.25) is 0 Å². The maximum atomic E-state index is 9.40. The van der Waals surface area contributed by atoms with Gasteiger partial charge in [0.1, 0.15) is 11.3 Å². The zero-order valence-electron chi connectivity index (χ0n) is 6.52. The lowest BCUT2D eigenvalue weighted by atomic mass is 10.2. The van der Waals surface area contributed by atoms with Gasteiger partial charge in [0.15, 0.2) is 0 Å². The second kappa shape index (κ2) is 2.14. The minimum absolute atomic E-state index is 0.144. The molecule has 1 aromatic heterocycles. The zero-order chi connectivity index (χ0) is 8.72. The van der Waals surface area contributed by atoms with Gasteiger partial charge in [-0.25, -0.2) is 0 Å². The van der Waals surface area contributed by atoms with Gasteiger partial charge < -0.3 is 10.3 Å². The maximum Gasteiger partial charge on any atom is 0.127 e. The van der Waals surface area contributed by atoms with Crippen LogP contribution in [0.15, 0.2) is 18.2 Å². The van der Waals surface area contributed by atoms with E-state index in [9.17, 15) is 10.3 Å². The minimum Gasteiger partial charge on any atom is -0.507 e. The van der Waals surface area contributed by atoms with Crippen LogP contribution >= 0.6 is 0 Å². The van der Waals surface area contributed by atoms with E-state index in [-0.39, 0.29) is 5.75 Å². The standard InChI is InChI=1S/C8H8N2O2/c1-5-8-6(10(12)9-5)3-2-4-7(8)11/h2-4,11-12H,1H3. The van der Waals surface area contributed by atoms with Crippen LogP contribution in [0.5, 0.6) is 5.75 Å². The molecule has 0 aliphatic rings. The van der Waals surface area contributed by atoms with Gasteiger partial charge in [-0.1, -0.05) is 6.07 Å². The SMILES string of the molecule is Cc1nn(O)c2cccc(O)c12. The highest BCUT2D eigenvalue weighted by atomic mass is 16.5. The number of phenols is 1. The number of rotatable bonds is 0. The van der Waals surface area contributed by atoms with Crippen LogP contribution in [-0.4, -0.2) is 20.3 Å². The number of hydrogen-bond acceptors (Lipinski definition) is 3. The normalized spacial score (nSPS) is 10.8. The molecule has 0 aliphatic heterocycles. The van der Waals surface area contributed by atoms with Gasteiger partial charge >= 0.3 is 0 Å². The van der Waals surface area contributed by atoms with Gasteiger partial charge in [-0.15, -0.1) is 9.94 Å². The minimum atomic E-state index is 0.144. The molecule has 0 unspecified atom stereocenters. The van der Waals surface area contributed by atoms with Crippen molar-refractivity contribution in [1.29, 1.82) is 0 Å². The fourth-order valence-corrected chi connectivity index (χ4v) is 1.31. The fourth-order valence-electron chi connectivity index (χ4n) is 1.31. The largest absolute Gasteiger partial charge is 0.507 e. The first kappa shape index (κ1) is 6.97. The van der Waals surface area contributed by atoms with Crippen molar-refractivity contribution in [3.63, 3.8) is 0 Å². The number of benzene rings is 1. The predicted octanol–water partition coefficient (Wildman–Crippen LogP) is 1.29. The molecule has 2 rings (SSSR count). The number of fused-ring (bicyclic) bond motifs is 1. The average Bonchev–Trinajstić information content (AvgIpc) is 2.29. The molecule has 4 heteroatoms. The van der Waals surface area contributed by atoms with Crippen molar-refractivity contribution in [3.8, 4) is 5.75 Å². The van der Waals surface area contributed by atoms with E-state index in [2.05, 4.69) is 5.10 Å². The third-order valence-electron chi connectivity index (χ3n) is 1.84. The van der Waals surface area contributed by atoms with Crippen molar-refractivity contribution in [2.45, 2.75) is 6.92 Å². The highest BCUT2D eigenvalue weighted by Gasteiger charge is 2.08. The molecule has 0 fully saturated rings. The average molecular weight is 164 g/mol. The van der Waals surface area contributed by atoms with Crippen LogP contribution in [0.2, 0.25) is 0 Å². The molecule has 0 saturated carbocycles. The van der Waals surface area contributed by atoms with Crippen molar-refractivity contribution in [2.75, 3.05) is 0 Å². The Morgan fingerprint density at radius 1 is 1.42 bits per heavy atom. The molecule has 0 atom stereocenters. The third kappa shape index (κ3) is 0.747. The van der Waals surface area contributed by atoms with Crippen LogP contribution in [-0.2, 0) is 0 Å². The summed E-state index contributed by atoms with van der Waals surface area (Å²) in [6.07, 6.45) is 0. The Hall–Kier alpha value is -1.71. The molecule has 4 nitrogen and oxygen atoms in total. The van der Waals surface area contributed by atoms with E-state index in [1.807, 2.05) is 0 Å². The molecule has 1 aromatic carbocycles. The molecule has 1 heterocycles. The molecule has 62 valence electrons. The van der Waals surface area contributed by atoms with Gasteiger partial charge in [0, 0.05) is 0 Å². The Balaban J connectivity index is 2.99.